The van der Waals surface area contributed by atoms with Crippen LogP contribution in [0.2, 0.25) is 0 Å². The van der Waals surface area contributed by atoms with Crippen molar-refractivity contribution >= 4 is 16.9 Å². The number of hydrogen-bond acceptors (Lipinski definition) is 4. The summed E-state index contributed by atoms with van der Waals surface area (Å²) in [5.41, 5.74) is 6.37. The minimum absolute atomic E-state index is 0.0455. The van der Waals surface area contributed by atoms with E-state index in [-0.39, 0.29) is 12.4 Å². The van der Waals surface area contributed by atoms with Crippen LogP contribution >= 0.6 is 0 Å². The first-order valence-corrected chi connectivity index (χ1v) is 6.75. The second-order valence-electron chi connectivity index (χ2n) is 4.90. The number of benzene rings is 1. The summed E-state index contributed by atoms with van der Waals surface area (Å²) in [7, 11) is 1.42. The average molecular weight is 312 g/mol. The van der Waals surface area contributed by atoms with Crippen molar-refractivity contribution in [1.29, 1.82) is 0 Å². The van der Waals surface area contributed by atoms with Crippen molar-refractivity contribution in [1.82, 2.24) is 14.9 Å². The van der Waals surface area contributed by atoms with Gasteiger partial charge in [0.1, 0.15) is 11.9 Å². The third-order valence-corrected chi connectivity index (χ3v) is 3.25. The van der Waals surface area contributed by atoms with Gasteiger partial charge in [-0.2, -0.15) is 8.78 Å². The maximum absolute atomic E-state index is 13.3. The number of nitrogens with two attached hydrogens (primary N) is 1. The van der Waals surface area contributed by atoms with Crippen molar-refractivity contribution in [2.24, 2.45) is 5.73 Å². The average Bonchev–Trinajstić information content (AvgIpc) is 2.87. The molecule has 1 heterocycles. The summed E-state index contributed by atoms with van der Waals surface area (Å²) >= 11 is 0. The molecule has 2 atom stereocenters. The number of amides is 1. The van der Waals surface area contributed by atoms with Crippen LogP contribution in [0.1, 0.15) is 25.3 Å². The van der Waals surface area contributed by atoms with Crippen molar-refractivity contribution in [3.05, 3.63) is 30.1 Å². The Morgan fingerprint density at radius 2 is 2.14 bits per heavy atom. The fourth-order valence-electron chi connectivity index (χ4n) is 2.21. The maximum Gasteiger partial charge on any atom is 0.320 e. The van der Waals surface area contributed by atoms with Crippen molar-refractivity contribution in [2.75, 3.05) is 13.7 Å². The molecule has 120 valence electrons. The minimum atomic E-state index is -2.76. The molecule has 0 saturated carbocycles. The standard InChI is InChI=1S/C14H18F2N4O2/c1-8(18-13(21)9(17)7-22-2)12-19-10-5-3-4-6-11(10)20(12)14(15)16/h3-6,8-9,14H,7,17H2,1-2H3,(H,18,21). The predicted octanol–water partition coefficient (Wildman–Crippen LogP) is 1.58. The fraction of sp³-hybridized carbons (Fsp3) is 0.429. The van der Waals surface area contributed by atoms with Gasteiger partial charge >= 0.3 is 6.55 Å². The summed E-state index contributed by atoms with van der Waals surface area (Å²) in [6.07, 6.45) is 0. The van der Waals surface area contributed by atoms with Crippen LogP contribution in [0.15, 0.2) is 24.3 Å². The van der Waals surface area contributed by atoms with Gasteiger partial charge in [-0.3, -0.25) is 9.36 Å². The Balaban J connectivity index is 2.29. The normalized spacial score (nSPS) is 14.3. The van der Waals surface area contributed by atoms with Crippen LogP contribution in [-0.4, -0.2) is 35.2 Å². The Morgan fingerprint density at radius 3 is 2.77 bits per heavy atom. The van der Waals surface area contributed by atoms with Gasteiger partial charge in [-0.05, 0) is 19.1 Å². The number of nitrogens with one attached hydrogen (secondary N) is 1. The molecule has 2 rings (SSSR count). The van der Waals surface area contributed by atoms with Gasteiger partial charge in [0.05, 0.1) is 23.7 Å². The van der Waals surface area contributed by atoms with Gasteiger partial charge in [0, 0.05) is 7.11 Å². The van der Waals surface area contributed by atoms with Crippen molar-refractivity contribution in [3.63, 3.8) is 0 Å². The first kappa shape index (κ1) is 16.3. The Hall–Kier alpha value is -2.06. The number of rotatable bonds is 6. The zero-order chi connectivity index (χ0) is 16.3. The molecule has 0 aliphatic heterocycles. The van der Waals surface area contributed by atoms with Crippen molar-refractivity contribution in [2.45, 2.75) is 25.6 Å². The highest BCUT2D eigenvalue weighted by Crippen LogP contribution is 2.26. The number of ether oxygens (including phenoxy) is 1. The summed E-state index contributed by atoms with van der Waals surface area (Å²) in [6, 6.07) is 5.00. The van der Waals surface area contributed by atoms with E-state index in [2.05, 4.69) is 10.3 Å². The number of methoxy groups -OCH3 is 1. The van der Waals surface area contributed by atoms with Gasteiger partial charge in [0.25, 0.3) is 0 Å². The quantitative estimate of drug-likeness (QED) is 0.848. The monoisotopic (exact) mass is 312 g/mol. The summed E-state index contributed by atoms with van der Waals surface area (Å²) < 4.78 is 32.3. The second kappa shape index (κ2) is 6.80. The molecular weight excluding hydrogens is 294 g/mol. The summed E-state index contributed by atoms with van der Waals surface area (Å²) in [4.78, 5) is 16.1. The molecule has 0 aliphatic rings. The van der Waals surface area contributed by atoms with Crippen LogP contribution in [0.25, 0.3) is 11.0 Å². The topological polar surface area (TPSA) is 82.2 Å². The molecule has 2 unspecified atom stereocenters. The van der Waals surface area contributed by atoms with E-state index in [1.165, 1.54) is 7.11 Å². The number of imidazole rings is 1. The van der Waals surface area contributed by atoms with E-state index in [4.69, 9.17) is 10.5 Å². The highest BCUT2D eigenvalue weighted by molar-refractivity contribution is 5.82. The lowest BCUT2D eigenvalue weighted by atomic mass is 10.2. The first-order chi connectivity index (χ1) is 10.5. The van der Waals surface area contributed by atoms with Crippen LogP contribution < -0.4 is 11.1 Å². The van der Waals surface area contributed by atoms with Crippen molar-refractivity contribution in [3.8, 4) is 0 Å². The highest BCUT2D eigenvalue weighted by Gasteiger charge is 2.24. The van der Waals surface area contributed by atoms with Gasteiger partial charge < -0.3 is 15.8 Å². The second-order valence-corrected chi connectivity index (χ2v) is 4.90. The van der Waals surface area contributed by atoms with E-state index in [1.807, 2.05) is 0 Å². The maximum atomic E-state index is 13.3. The molecule has 1 amide bonds. The molecule has 0 bridgehead atoms. The number of carbonyl (C=O) groups is 1. The van der Waals surface area contributed by atoms with Crippen LogP contribution in [-0.2, 0) is 9.53 Å². The summed E-state index contributed by atoms with van der Waals surface area (Å²) in [5.74, 6) is -0.406. The lowest BCUT2D eigenvalue weighted by Gasteiger charge is -2.18. The van der Waals surface area contributed by atoms with Crippen LogP contribution in [0.4, 0.5) is 8.78 Å². The van der Waals surface area contributed by atoms with Crippen LogP contribution in [0.5, 0.6) is 0 Å². The molecule has 22 heavy (non-hydrogen) atoms. The number of halogens is 2. The van der Waals surface area contributed by atoms with Crippen molar-refractivity contribution < 1.29 is 18.3 Å². The molecule has 0 aliphatic carbocycles. The van der Waals surface area contributed by atoms with Gasteiger partial charge in [0.15, 0.2) is 0 Å². The fourth-order valence-corrected chi connectivity index (χ4v) is 2.21. The molecule has 2 aromatic rings. The number of para-hydroxylation sites is 2. The summed E-state index contributed by atoms with van der Waals surface area (Å²) in [6.45, 7) is -1.13. The Labute approximate surface area is 126 Å². The number of alkyl halides is 2. The SMILES string of the molecule is COCC(N)C(=O)NC(C)c1nc2ccccc2n1C(F)F. The van der Waals surface area contributed by atoms with E-state index in [0.29, 0.717) is 11.0 Å². The van der Waals surface area contributed by atoms with Gasteiger partial charge in [-0.1, -0.05) is 12.1 Å². The molecule has 0 spiro atoms. The summed E-state index contributed by atoms with van der Waals surface area (Å²) in [5, 5.41) is 2.58. The van der Waals surface area contributed by atoms with Crippen LogP contribution in [0, 0.1) is 0 Å². The molecule has 1 aromatic carbocycles. The molecule has 1 aromatic heterocycles. The molecular formula is C14H18F2N4O2. The van der Waals surface area contributed by atoms with E-state index < -0.39 is 24.5 Å². The van der Waals surface area contributed by atoms with E-state index in [1.54, 1.807) is 31.2 Å². The van der Waals surface area contributed by atoms with Gasteiger partial charge in [0.2, 0.25) is 5.91 Å². The Morgan fingerprint density at radius 1 is 1.45 bits per heavy atom. The smallest absolute Gasteiger partial charge is 0.320 e. The molecule has 0 saturated heterocycles. The first-order valence-electron chi connectivity index (χ1n) is 6.75. The van der Waals surface area contributed by atoms with Crippen LogP contribution in [0.3, 0.4) is 0 Å². The van der Waals surface area contributed by atoms with Gasteiger partial charge in [-0.25, -0.2) is 4.98 Å². The number of hydrogen-bond donors (Lipinski definition) is 2. The lowest BCUT2D eigenvalue weighted by Crippen LogP contribution is -2.44. The highest BCUT2D eigenvalue weighted by atomic mass is 19.3. The number of aromatic nitrogens is 2. The van der Waals surface area contributed by atoms with E-state index in [9.17, 15) is 13.6 Å². The third kappa shape index (κ3) is 3.23. The number of nitrogens with zero attached hydrogens (tertiary/aromatic N) is 2. The molecule has 0 fully saturated rings. The minimum Gasteiger partial charge on any atom is -0.383 e. The predicted molar refractivity (Wildman–Crippen MR) is 77.4 cm³/mol. The van der Waals surface area contributed by atoms with Gasteiger partial charge in [-0.15, -0.1) is 0 Å². The third-order valence-electron chi connectivity index (χ3n) is 3.25. The molecule has 6 nitrogen and oxygen atoms in total. The zero-order valence-corrected chi connectivity index (χ0v) is 12.3. The molecule has 3 N–H and O–H groups in total. The molecule has 0 radical (unpaired) electrons. The Kier molecular flexibility index (Phi) is 5.04. The number of fused-ring (bicyclic) bond motifs is 1. The van der Waals surface area contributed by atoms with E-state index >= 15 is 0 Å². The van der Waals surface area contributed by atoms with E-state index in [0.717, 1.165) is 4.57 Å². The lowest BCUT2D eigenvalue weighted by molar-refractivity contribution is -0.124. The zero-order valence-electron chi connectivity index (χ0n) is 12.3. The largest absolute Gasteiger partial charge is 0.383 e. The Bertz CT molecular complexity index is 659. The number of carbonyl (C=O) groups excluding carboxylic acids is 1. The molecule has 8 heteroatoms.